The second-order valence-corrected chi connectivity index (χ2v) is 8.76. The van der Waals surface area contributed by atoms with Crippen molar-refractivity contribution in [2.75, 3.05) is 50.8 Å². The van der Waals surface area contributed by atoms with E-state index in [0.717, 1.165) is 0 Å². The maximum atomic E-state index is 14.2. The van der Waals surface area contributed by atoms with Gasteiger partial charge < -0.3 is 19.6 Å². The first kappa shape index (κ1) is 23.0. The van der Waals surface area contributed by atoms with Crippen LogP contribution in [0.1, 0.15) is 11.1 Å². The summed E-state index contributed by atoms with van der Waals surface area (Å²) in [4.78, 5) is 46.3. The molecule has 3 heterocycles. The van der Waals surface area contributed by atoms with E-state index < -0.39 is 23.1 Å². The van der Waals surface area contributed by atoms with Gasteiger partial charge in [0, 0.05) is 43.9 Å². The Morgan fingerprint density at radius 1 is 1.00 bits per heavy atom. The highest BCUT2D eigenvalue weighted by Crippen LogP contribution is 2.53. The van der Waals surface area contributed by atoms with E-state index in [2.05, 4.69) is 11.5 Å². The monoisotopic (exact) mass is 473 g/mol. The number of fused-ring (bicyclic) bond motifs is 2. The number of hydrogen-bond acceptors (Lipinski definition) is 6. The third-order valence-electron chi connectivity index (χ3n) is 6.91. The number of morpholine rings is 1. The Morgan fingerprint density at radius 3 is 2.40 bits per heavy atom. The number of ketones is 1. The zero-order valence-electron chi connectivity index (χ0n) is 19.4. The second kappa shape index (κ2) is 9.13. The third-order valence-corrected chi connectivity index (χ3v) is 6.91. The van der Waals surface area contributed by atoms with Crippen molar-refractivity contribution < 1.29 is 24.2 Å². The molecule has 1 atom stereocenters. The smallest absolute Gasteiger partial charge is 0.296 e. The van der Waals surface area contributed by atoms with Gasteiger partial charge in [0.25, 0.3) is 17.6 Å². The number of anilines is 1. The summed E-state index contributed by atoms with van der Waals surface area (Å²) in [6.45, 7) is 7.19. The molecule has 2 aromatic carbocycles. The summed E-state index contributed by atoms with van der Waals surface area (Å²) in [6.07, 6.45) is 1.60. The average Bonchev–Trinajstić information content (AvgIpc) is 3.27. The predicted octanol–water partition coefficient (Wildman–Crippen LogP) is 2.13. The molecule has 8 heteroatoms. The minimum atomic E-state index is -1.75. The van der Waals surface area contributed by atoms with E-state index in [9.17, 15) is 19.5 Å². The van der Waals surface area contributed by atoms with Crippen molar-refractivity contribution in [3.05, 3.63) is 84.0 Å². The number of amides is 2. The summed E-state index contributed by atoms with van der Waals surface area (Å²) in [7, 11) is 0. The molecule has 0 bridgehead atoms. The quantitative estimate of drug-likeness (QED) is 0.299. The van der Waals surface area contributed by atoms with Crippen molar-refractivity contribution >= 4 is 29.0 Å². The Hall–Kier alpha value is -3.75. The molecule has 35 heavy (non-hydrogen) atoms. The van der Waals surface area contributed by atoms with Gasteiger partial charge in [0.2, 0.25) is 0 Å². The van der Waals surface area contributed by atoms with Gasteiger partial charge in [-0.1, -0.05) is 54.6 Å². The fourth-order valence-electron chi connectivity index (χ4n) is 5.28. The van der Waals surface area contributed by atoms with Crippen LogP contribution in [0.2, 0.25) is 0 Å². The van der Waals surface area contributed by atoms with Gasteiger partial charge in [-0.05, 0) is 6.07 Å². The Kier molecular flexibility index (Phi) is 6.00. The Balaban J connectivity index is 1.71. The summed E-state index contributed by atoms with van der Waals surface area (Å²) in [5, 5.41) is 11.4. The number of aliphatic hydroxyl groups excluding tert-OH is 1. The highest BCUT2D eigenvalue weighted by Gasteiger charge is 2.66. The molecule has 1 spiro atoms. The van der Waals surface area contributed by atoms with E-state index in [4.69, 9.17) is 4.74 Å². The molecule has 180 valence electrons. The number of carbonyl (C=O) groups excluding carboxylic acids is 3. The molecule has 3 aliphatic heterocycles. The van der Waals surface area contributed by atoms with Gasteiger partial charge in [-0.15, -0.1) is 6.58 Å². The molecule has 1 N–H and O–H groups in total. The minimum absolute atomic E-state index is 0.151. The van der Waals surface area contributed by atoms with Gasteiger partial charge >= 0.3 is 0 Å². The molecule has 0 aromatic heterocycles. The van der Waals surface area contributed by atoms with Crippen LogP contribution in [0.4, 0.5) is 5.69 Å². The van der Waals surface area contributed by atoms with Gasteiger partial charge in [-0.25, -0.2) is 0 Å². The fraction of sp³-hybridized carbons (Fsp3) is 0.296. The van der Waals surface area contributed by atoms with Gasteiger partial charge in [0.1, 0.15) is 5.76 Å². The maximum Gasteiger partial charge on any atom is 0.296 e. The van der Waals surface area contributed by atoms with Crippen molar-refractivity contribution in [2.24, 2.45) is 0 Å². The zero-order chi connectivity index (χ0) is 24.6. The van der Waals surface area contributed by atoms with E-state index in [0.29, 0.717) is 49.7 Å². The minimum Gasteiger partial charge on any atom is -0.507 e. The van der Waals surface area contributed by atoms with Crippen molar-refractivity contribution in [3.8, 4) is 0 Å². The highest BCUT2D eigenvalue weighted by atomic mass is 16.5. The van der Waals surface area contributed by atoms with Crippen LogP contribution in [0.15, 0.2) is 72.8 Å². The fourth-order valence-corrected chi connectivity index (χ4v) is 5.28. The molecule has 2 saturated heterocycles. The summed E-state index contributed by atoms with van der Waals surface area (Å²) >= 11 is 0. The molecule has 8 nitrogen and oxygen atoms in total. The topological polar surface area (TPSA) is 90.4 Å². The van der Waals surface area contributed by atoms with Crippen LogP contribution >= 0.6 is 0 Å². The predicted molar refractivity (Wildman–Crippen MR) is 131 cm³/mol. The van der Waals surface area contributed by atoms with Crippen LogP contribution in [0.3, 0.4) is 0 Å². The number of ether oxygens (including phenoxy) is 1. The number of para-hydroxylation sites is 1. The normalized spacial score (nSPS) is 23.8. The third kappa shape index (κ3) is 3.48. The first-order valence-corrected chi connectivity index (χ1v) is 11.7. The Morgan fingerprint density at radius 2 is 1.69 bits per heavy atom. The average molecular weight is 474 g/mol. The standard InChI is InChI=1S/C27H27N3O5/c1-2-12-29-21-11-7-6-10-20(21)27(26(29)34)22(23(31)19-8-4-3-5-9-19)24(32)25(33)30(27)14-13-28-15-17-35-18-16-28/h2-11,31H,1,12-18H2/t27-/m0/s1. The lowest BCUT2D eigenvalue weighted by Crippen LogP contribution is -2.54. The van der Waals surface area contributed by atoms with Crippen LogP contribution < -0.4 is 4.90 Å². The number of aliphatic hydroxyl groups is 1. The molecule has 2 aromatic rings. The molecule has 3 aliphatic rings. The van der Waals surface area contributed by atoms with Gasteiger partial charge in [-0.3, -0.25) is 19.3 Å². The van der Waals surface area contributed by atoms with Crippen LogP contribution in [-0.2, 0) is 24.7 Å². The lowest BCUT2D eigenvalue weighted by Gasteiger charge is -2.36. The number of carbonyl (C=O) groups is 3. The molecule has 2 fully saturated rings. The van der Waals surface area contributed by atoms with E-state index in [1.54, 1.807) is 60.7 Å². The first-order valence-electron chi connectivity index (χ1n) is 11.7. The summed E-state index contributed by atoms with van der Waals surface area (Å²) < 4.78 is 5.42. The number of hydrogen-bond donors (Lipinski definition) is 1. The van der Waals surface area contributed by atoms with Crippen LogP contribution in [0.5, 0.6) is 0 Å². The number of Topliss-reactive ketones (excluding diaryl/α,β-unsaturated/α-hetero) is 1. The van der Waals surface area contributed by atoms with E-state index in [1.165, 1.54) is 9.80 Å². The second-order valence-electron chi connectivity index (χ2n) is 8.76. The van der Waals surface area contributed by atoms with E-state index in [-0.39, 0.29) is 24.4 Å². The van der Waals surface area contributed by atoms with Crippen molar-refractivity contribution in [2.45, 2.75) is 5.54 Å². The molecule has 5 rings (SSSR count). The van der Waals surface area contributed by atoms with E-state index in [1.807, 2.05) is 0 Å². The first-order chi connectivity index (χ1) is 17.0. The molecule has 0 aliphatic carbocycles. The largest absolute Gasteiger partial charge is 0.507 e. The SMILES string of the molecule is C=CCN1C(=O)[C@@]2(C(=C(O)c3ccccc3)C(=O)C(=O)N2CCN2CCOCC2)c2ccccc21. The number of likely N-dealkylation sites (tertiary alicyclic amines) is 1. The molecular formula is C27H27N3O5. The van der Waals surface area contributed by atoms with Gasteiger partial charge in [-0.2, -0.15) is 0 Å². The summed E-state index contributed by atoms with van der Waals surface area (Å²) in [5.74, 6) is -2.46. The highest BCUT2D eigenvalue weighted by molar-refractivity contribution is 6.50. The van der Waals surface area contributed by atoms with Gasteiger partial charge in [0.15, 0.2) is 5.54 Å². The number of benzene rings is 2. The Bertz CT molecular complexity index is 1220. The molecular weight excluding hydrogens is 446 g/mol. The van der Waals surface area contributed by atoms with Crippen LogP contribution in [-0.4, -0.2) is 78.4 Å². The number of nitrogens with zero attached hydrogens (tertiary/aromatic N) is 3. The maximum absolute atomic E-state index is 14.2. The zero-order valence-corrected chi connectivity index (χ0v) is 19.4. The summed E-state index contributed by atoms with van der Waals surface area (Å²) in [5.41, 5.74) is -0.481. The van der Waals surface area contributed by atoms with E-state index >= 15 is 0 Å². The Labute approximate surface area is 203 Å². The van der Waals surface area contributed by atoms with Crippen LogP contribution in [0, 0.1) is 0 Å². The molecule has 2 amide bonds. The van der Waals surface area contributed by atoms with Crippen molar-refractivity contribution in [1.29, 1.82) is 0 Å². The van der Waals surface area contributed by atoms with Gasteiger partial charge in [0.05, 0.1) is 24.5 Å². The lowest BCUT2D eigenvalue weighted by atomic mass is 9.82. The molecule has 0 saturated carbocycles. The summed E-state index contributed by atoms with van der Waals surface area (Å²) in [6, 6.07) is 15.7. The molecule has 0 radical (unpaired) electrons. The molecule has 0 unspecified atom stereocenters. The number of rotatable bonds is 6. The van der Waals surface area contributed by atoms with Crippen molar-refractivity contribution in [3.63, 3.8) is 0 Å². The lowest BCUT2D eigenvalue weighted by molar-refractivity contribution is -0.144. The van der Waals surface area contributed by atoms with Crippen LogP contribution in [0.25, 0.3) is 5.76 Å². The van der Waals surface area contributed by atoms with Crippen molar-refractivity contribution in [1.82, 2.24) is 9.80 Å².